The van der Waals surface area contributed by atoms with Crippen molar-refractivity contribution in [1.82, 2.24) is 10.2 Å². The largest absolute Gasteiger partial charge is 0.481 e. The van der Waals surface area contributed by atoms with Crippen LogP contribution in [-0.4, -0.2) is 46.3 Å². The smallest absolute Gasteiger partial charge is 0.308 e. The van der Waals surface area contributed by atoms with Crippen LogP contribution in [-0.2, 0) is 9.59 Å². The van der Waals surface area contributed by atoms with E-state index in [0.29, 0.717) is 0 Å². The summed E-state index contributed by atoms with van der Waals surface area (Å²) in [5, 5.41) is 11.4. The first-order valence-electron chi connectivity index (χ1n) is 6.80. The average molecular weight is 304 g/mol. The van der Waals surface area contributed by atoms with Gasteiger partial charge in [-0.3, -0.25) is 24.1 Å². The molecule has 1 aromatic rings. The molecule has 0 radical (unpaired) electrons. The third kappa shape index (κ3) is 2.83. The van der Waals surface area contributed by atoms with Gasteiger partial charge in [-0.25, -0.2) is 0 Å². The minimum Gasteiger partial charge on any atom is -0.481 e. The highest BCUT2D eigenvalue weighted by Gasteiger charge is 2.36. The Balaban J connectivity index is 2.03. The summed E-state index contributed by atoms with van der Waals surface area (Å²) in [5.74, 6) is -3.42. The fourth-order valence-electron chi connectivity index (χ4n) is 2.16. The van der Waals surface area contributed by atoms with Crippen LogP contribution in [0.5, 0.6) is 0 Å². The van der Waals surface area contributed by atoms with Crippen molar-refractivity contribution < 1.29 is 24.3 Å². The van der Waals surface area contributed by atoms with E-state index < -0.39 is 42.2 Å². The van der Waals surface area contributed by atoms with E-state index in [-0.39, 0.29) is 11.1 Å². The van der Waals surface area contributed by atoms with Crippen LogP contribution in [0.4, 0.5) is 0 Å². The van der Waals surface area contributed by atoms with E-state index in [1.54, 1.807) is 19.1 Å². The summed E-state index contributed by atoms with van der Waals surface area (Å²) in [6, 6.07) is 5.74. The Morgan fingerprint density at radius 2 is 1.64 bits per heavy atom. The molecule has 1 aromatic carbocycles. The lowest BCUT2D eigenvalue weighted by atomic mass is 10.0. The van der Waals surface area contributed by atoms with Crippen molar-refractivity contribution >= 4 is 23.7 Å². The van der Waals surface area contributed by atoms with E-state index >= 15 is 0 Å². The molecule has 2 rings (SSSR count). The maximum atomic E-state index is 12.1. The van der Waals surface area contributed by atoms with Crippen molar-refractivity contribution in [3.63, 3.8) is 0 Å². The van der Waals surface area contributed by atoms with Gasteiger partial charge in [0.1, 0.15) is 6.54 Å². The van der Waals surface area contributed by atoms with Crippen LogP contribution in [0.25, 0.3) is 0 Å². The number of carbonyl (C=O) groups excluding carboxylic acids is 3. The van der Waals surface area contributed by atoms with Crippen molar-refractivity contribution in [3.05, 3.63) is 35.4 Å². The van der Waals surface area contributed by atoms with Gasteiger partial charge in [0.25, 0.3) is 11.8 Å². The van der Waals surface area contributed by atoms with E-state index in [2.05, 4.69) is 5.32 Å². The van der Waals surface area contributed by atoms with E-state index in [4.69, 9.17) is 5.11 Å². The number of nitrogens with zero attached hydrogens (tertiary/aromatic N) is 1. The van der Waals surface area contributed by atoms with Crippen LogP contribution in [0.3, 0.4) is 0 Å². The number of hydrogen-bond acceptors (Lipinski definition) is 4. The molecule has 0 aliphatic carbocycles. The Kier molecular flexibility index (Phi) is 4.25. The SMILES string of the molecule is CC(NC(=O)CN1C(=O)c2ccccc2C1=O)C(C)C(=O)O. The third-order valence-corrected chi connectivity index (χ3v) is 3.71. The highest BCUT2D eigenvalue weighted by Crippen LogP contribution is 2.21. The lowest BCUT2D eigenvalue weighted by molar-refractivity contribution is -0.142. The molecule has 2 N–H and O–H groups in total. The number of nitrogens with one attached hydrogen (secondary N) is 1. The molecular formula is C15H16N2O5. The minimum absolute atomic E-state index is 0.271. The zero-order valence-electron chi connectivity index (χ0n) is 12.2. The van der Waals surface area contributed by atoms with Gasteiger partial charge in [-0.2, -0.15) is 0 Å². The molecule has 0 spiro atoms. The number of carboxylic acid groups (broad SMARTS) is 1. The average Bonchev–Trinajstić information content (AvgIpc) is 2.72. The second-order valence-corrected chi connectivity index (χ2v) is 5.23. The normalized spacial score (nSPS) is 16.2. The van der Waals surface area contributed by atoms with Crippen molar-refractivity contribution in [2.24, 2.45) is 5.92 Å². The molecule has 7 nitrogen and oxygen atoms in total. The predicted molar refractivity (Wildman–Crippen MR) is 76.2 cm³/mol. The first-order chi connectivity index (χ1) is 10.3. The Morgan fingerprint density at radius 3 is 2.09 bits per heavy atom. The number of amides is 3. The molecule has 116 valence electrons. The number of benzene rings is 1. The maximum Gasteiger partial charge on any atom is 0.308 e. The van der Waals surface area contributed by atoms with Crippen molar-refractivity contribution in [1.29, 1.82) is 0 Å². The Bertz CT molecular complexity index is 620. The predicted octanol–water partition coefficient (Wildman–Crippen LogP) is 0.508. The van der Waals surface area contributed by atoms with E-state index in [9.17, 15) is 19.2 Å². The monoisotopic (exact) mass is 304 g/mol. The molecule has 0 saturated heterocycles. The first kappa shape index (κ1) is 15.7. The van der Waals surface area contributed by atoms with Gasteiger partial charge in [-0.15, -0.1) is 0 Å². The first-order valence-corrected chi connectivity index (χ1v) is 6.80. The summed E-state index contributed by atoms with van der Waals surface area (Å²) in [5.41, 5.74) is 0.541. The second-order valence-electron chi connectivity index (χ2n) is 5.23. The number of aliphatic carboxylic acids is 1. The minimum atomic E-state index is -1.03. The zero-order valence-corrected chi connectivity index (χ0v) is 12.2. The molecule has 1 heterocycles. The van der Waals surface area contributed by atoms with Gasteiger partial charge in [0.05, 0.1) is 17.0 Å². The fourth-order valence-corrected chi connectivity index (χ4v) is 2.16. The quantitative estimate of drug-likeness (QED) is 0.771. The van der Waals surface area contributed by atoms with Gasteiger partial charge in [0, 0.05) is 6.04 Å². The zero-order chi connectivity index (χ0) is 16.4. The van der Waals surface area contributed by atoms with Crippen LogP contribution in [0.15, 0.2) is 24.3 Å². The van der Waals surface area contributed by atoms with Gasteiger partial charge in [0.15, 0.2) is 0 Å². The van der Waals surface area contributed by atoms with Crippen LogP contribution < -0.4 is 5.32 Å². The van der Waals surface area contributed by atoms with E-state index in [1.807, 2.05) is 0 Å². The van der Waals surface area contributed by atoms with Crippen LogP contribution in [0, 0.1) is 5.92 Å². The highest BCUT2D eigenvalue weighted by atomic mass is 16.4. The van der Waals surface area contributed by atoms with Crippen LogP contribution in [0.1, 0.15) is 34.6 Å². The summed E-state index contributed by atoms with van der Waals surface area (Å²) >= 11 is 0. The number of rotatable bonds is 5. The summed E-state index contributed by atoms with van der Waals surface area (Å²) in [6.07, 6.45) is 0. The number of fused-ring (bicyclic) bond motifs is 1. The molecule has 22 heavy (non-hydrogen) atoms. The van der Waals surface area contributed by atoms with Gasteiger partial charge in [0.2, 0.25) is 5.91 Å². The van der Waals surface area contributed by atoms with Gasteiger partial charge in [-0.1, -0.05) is 12.1 Å². The summed E-state index contributed by atoms with van der Waals surface area (Å²) in [4.78, 5) is 47.8. The molecule has 3 amide bonds. The van der Waals surface area contributed by atoms with Crippen molar-refractivity contribution in [2.45, 2.75) is 19.9 Å². The van der Waals surface area contributed by atoms with Crippen molar-refractivity contribution in [3.8, 4) is 0 Å². The molecule has 0 fully saturated rings. The Morgan fingerprint density at radius 1 is 1.14 bits per heavy atom. The summed E-state index contributed by atoms with van der Waals surface area (Å²) in [6.45, 7) is 2.59. The molecule has 0 aromatic heterocycles. The maximum absolute atomic E-state index is 12.1. The standard InChI is InChI=1S/C15H16N2O5/c1-8(15(21)22)9(2)16-12(18)7-17-13(19)10-5-3-4-6-11(10)14(17)20/h3-6,8-9H,7H2,1-2H3,(H,16,18)(H,21,22). The fraction of sp³-hybridized carbons (Fsp3) is 0.333. The van der Waals surface area contributed by atoms with Crippen LogP contribution in [0.2, 0.25) is 0 Å². The van der Waals surface area contributed by atoms with E-state index in [1.165, 1.54) is 19.1 Å². The molecule has 0 saturated carbocycles. The molecule has 2 unspecified atom stereocenters. The topological polar surface area (TPSA) is 104 Å². The number of imide groups is 1. The van der Waals surface area contributed by atoms with E-state index in [0.717, 1.165) is 4.90 Å². The molecule has 0 bridgehead atoms. The Labute approximate surface area is 126 Å². The number of carboxylic acids is 1. The number of carbonyl (C=O) groups is 4. The van der Waals surface area contributed by atoms with Gasteiger partial charge in [-0.05, 0) is 26.0 Å². The van der Waals surface area contributed by atoms with Gasteiger partial charge < -0.3 is 10.4 Å². The molecule has 7 heteroatoms. The highest BCUT2D eigenvalue weighted by molar-refractivity contribution is 6.22. The molecule has 2 atom stereocenters. The molecule has 1 aliphatic heterocycles. The lowest BCUT2D eigenvalue weighted by Crippen LogP contribution is -2.46. The number of hydrogen-bond donors (Lipinski definition) is 2. The van der Waals surface area contributed by atoms with Gasteiger partial charge >= 0.3 is 5.97 Å². The summed E-state index contributed by atoms with van der Waals surface area (Å²) < 4.78 is 0. The molecule has 1 aliphatic rings. The Hall–Kier alpha value is -2.70. The lowest BCUT2D eigenvalue weighted by Gasteiger charge is -2.20. The molecular weight excluding hydrogens is 288 g/mol. The third-order valence-electron chi connectivity index (χ3n) is 3.71. The summed E-state index contributed by atoms with van der Waals surface area (Å²) in [7, 11) is 0. The van der Waals surface area contributed by atoms with Crippen molar-refractivity contribution in [2.75, 3.05) is 6.54 Å². The second kappa shape index (κ2) is 5.97. The van der Waals surface area contributed by atoms with Crippen LogP contribution >= 0.6 is 0 Å².